The van der Waals surface area contributed by atoms with Gasteiger partial charge in [-0.05, 0) is 32.9 Å². The summed E-state index contributed by atoms with van der Waals surface area (Å²) in [7, 11) is 0. The fourth-order valence-corrected chi connectivity index (χ4v) is 2.27. The lowest BCUT2D eigenvalue weighted by Gasteiger charge is -2.11. The fourth-order valence-electron chi connectivity index (χ4n) is 2.11. The summed E-state index contributed by atoms with van der Waals surface area (Å²) in [5.41, 5.74) is 1.58. The van der Waals surface area contributed by atoms with Crippen LogP contribution >= 0.6 is 11.6 Å². The minimum absolute atomic E-state index is 0.0194. The SMILES string of the molecule is CC(C)NC(=O)CCn1c(C(C)Cl)nc2cccnc21. The number of alkyl halides is 1. The van der Waals surface area contributed by atoms with Gasteiger partial charge in [0.05, 0.1) is 5.38 Å². The molecule has 1 unspecified atom stereocenters. The largest absolute Gasteiger partial charge is 0.354 e. The molecule has 6 heteroatoms. The summed E-state index contributed by atoms with van der Waals surface area (Å²) in [6, 6.07) is 3.88. The van der Waals surface area contributed by atoms with Crippen LogP contribution in [0.3, 0.4) is 0 Å². The molecule has 0 fully saturated rings. The molecule has 0 saturated heterocycles. The zero-order valence-corrected chi connectivity index (χ0v) is 12.7. The second-order valence-corrected chi connectivity index (χ2v) is 5.71. The summed E-state index contributed by atoms with van der Waals surface area (Å²) in [5, 5.41) is 2.65. The van der Waals surface area contributed by atoms with Gasteiger partial charge in [0.15, 0.2) is 5.65 Å². The average Bonchev–Trinajstić information content (AvgIpc) is 2.74. The number of aromatic nitrogens is 3. The molecule has 0 aromatic carbocycles. The minimum atomic E-state index is -0.225. The van der Waals surface area contributed by atoms with E-state index in [2.05, 4.69) is 15.3 Å². The Morgan fingerprint density at radius 1 is 1.45 bits per heavy atom. The molecule has 1 atom stereocenters. The number of carbonyl (C=O) groups is 1. The average molecular weight is 295 g/mol. The van der Waals surface area contributed by atoms with Crippen LogP contribution in [0.15, 0.2) is 18.3 Å². The first-order chi connectivity index (χ1) is 9.49. The Labute approximate surface area is 123 Å². The summed E-state index contributed by atoms with van der Waals surface area (Å²) in [6.07, 6.45) is 2.11. The highest BCUT2D eigenvalue weighted by Crippen LogP contribution is 2.23. The monoisotopic (exact) mass is 294 g/mol. The Morgan fingerprint density at radius 2 is 2.20 bits per heavy atom. The molecule has 1 amide bonds. The molecule has 0 aliphatic rings. The predicted octanol–water partition coefficient (Wildman–Crippen LogP) is 2.65. The lowest BCUT2D eigenvalue weighted by atomic mass is 10.3. The molecule has 2 heterocycles. The van der Waals surface area contributed by atoms with E-state index in [1.54, 1.807) is 6.20 Å². The number of imidazole rings is 1. The molecule has 0 saturated carbocycles. The molecule has 2 aromatic heterocycles. The van der Waals surface area contributed by atoms with Gasteiger partial charge in [0, 0.05) is 25.2 Å². The van der Waals surface area contributed by atoms with E-state index in [0.717, 1.165) is 17.0 Å². The number of hydrogen-bond donors (Lipinski definition) is 1. The number of fused-ring (bicyclic) bond motifs is 1. The van der Waals surface area contributed by atoms with Crippen LogP contribution in [0.2, 0.25) is 0 Å². The van der Waals surface area contributed by atoms with Gasteiger partial charge in [-0.1, -0.05) is 0 Å². The number of pyridine rings is 1. The Hall–Kier alpha value is -1.62. The molecule has 0 radical (unpaired) electrons. The van der Waals surface area contributed by atoms with Gasteiger partial charge >= 0.3 is 0 Å². The van der Waals surface area contributed by atoms with Crippen LogP contribution in [0, 0.1) is 0 Å². The van der Waals surface area contributed by atoms with Crippen molar-refractivity contribution in [1.29, 1.82) is 0 Å². The predicted molar refractivity (Wildman–Crippen MR) is 79.7 cm³/mol. The number of amides is 1. The van der Waals surface area contributed by atoms with E-state index in [1.807, 2.05) is 37.5 Å². The molecule has 0 bridgehead atoms. The first-order valence-electron chi connectivity index (χ1n) is 6.73. The molecule has 0 aliphatic heterocycles. The molecule has 0 spiro atoms. The van der Waals surface area contributed by atoms with E-state index in [9.17, 15) is 4.79 Å². The van der Waals surface area contributed by atoms with Crippen molar-refractivity contribution in [3.63, 3.8) is 0 Å². The smallest absolute Gasteiger partial charge is 0.221 e. The van der Waals surface area contributed by atoms with Crippen molar-refractivity contribution in [1.82, 2.24) is 19.9 Å². The topological polar surface area (TPSA) is 59.8 Å². The maximum absolute atomic E-state index is 11.8. The van der Waals surface area contributed by atoms with E-state index in [-0.39, 0.29) is 17.3 Å². The van der Waals surface area contributed by atoms with Gasteiger partial charge in [-0.25, -0.2) is 9.97 Å². The Bertz CT molecular complexity index is 606. The van der Waals surface area contributed by atoms with Crippen molar-refractivity contribution in [2.24, 2.45) is 0 Å². The van der Waals surface area contributed by atoms with Crippen molar-refractivity contribution in [3.05, 3.63) is 24.2 Å². The van der Waals surface area contributed by atoms with Crippen LogP contribution in [-0.2, 0) is 11.3 Å². The van der Waals surface area contributed by atoms with Gasteiger partial charge in [-0.15, -0.1) is 11.6 Å². The van der Waals surface area contributed by atoms with Crippen LogP contribution in [0.25, 0.3) is 11.2 Å². The van der Waals surface area contributed by atoms with Gasteiger partial charge in [0.1, 0.15) is 11.3 Å². The number of nitrogens with one attached hydrogen (secondary N) is 1. The van der Waals surface area contributed by atoms with E-state index in [1.165, 1.54) is 0 Å². The summed E-state index contributed by atoms with van der Waals surface area (Å²) >= 11 is 6.17. The van der Waals surface area contributed by atoms with Gasteiger partial charge in [0.25, 0.3) is 0 Å². The van der Waals surface area contributed by atoms with E-state index < -0.39 is 0 Å². The van der Waals surface area contributed by atoms with Crippen molar-refractivity contribution < 1.29 is 4.79 Å². The molecule has 20 heavy (non-hydrogen) atoms. The number of nitrogens with zero attached hydrogens (tertiary/aromatic N) is 3. The molecule has 108 valence electrons. The molecule has 0 aliphatic carbocycles. The molecular weight excluding hydrogens is 276 g/mol. The van der Waals surface area contributed by atoms with Crippen LogP contribution < -0.4 is 5.32 Å². The third-order valence-electron chi connectivity index (χ3n) is 2.90. The summed E-state index contributed by atoms with van der Waals surface area (Å²) < 4.78 is 1.92. The zero-order chi connectivity index (χ0) is 14.7. The van der Waals surface area contributed by atoms with Gasteiger partial charge in [-0.2, -0.15) is 0 Å². The van der Waals surface area contributed by atoms with Crippen LogP contribution in [-0.4, -0.2) is 26.5 Å². The van der Waals surface area contributed by atoms with E-state index >= 15 is 0 Å². The van der Waals surface area contributed by atoms with Crippen molar-refractivity contribution in [2.75, 3.05) is 0 Å². The first-order valence-corrected chi connectivity index (χ1v) is 7.17. The molecular formula is C14H19ClN4O. The van der Waals surface area contributed by atoms with Gasteiger partial charge < -0.3 is 9.88 Å². The molecule has 2 aromatic rings. The highest BCUT2D eigenvalue weighted by Gasteiger charge is 2.16. The quantitative estimate of drug-likeness (QED) is 0.863. The van der Waals surface area contributed by atoms with Crippen LogP contribution in [0.5, 0.6) is 0 Å². The standard InChI is InChI=1S/C14H19ClN4O/c1-9(2)17-12(20)6-8-19-13(10(3)15)18-11-5-4-7-16-14(11)19/h4-5,7,9-10H,6,8H2,1-3H3,(H,17,20). The van der Waals surface area contributed by atoms with Gasteiger partial charge in [0.2, 0.25) is 5.91 Å². The third kappa shape index (κ3) is 3.28. The Kier molecular flexibility index (Phi) is 4.60. The van der Waals surface area contributed by atoms with Crippen molar-refractivity contribution >= 4 is 28.7 Å². The minimum Gasteiger partial charge on any atom is -0.354 e. The Morgan fingerprint density at radius 3 is 2.85 bits per heavy atom. The third-order valence-corrected chi connectivity index (χ3v) is 3.10. The maximum atomic E-state index is 11.8. The number of carbonyl (C=O) groups excluding carboxylic acids is 1. The number of hydrogen-bond acceptors (Lipinski definition) is 3. The van der Waals surface area contributed by atoms with Crippen molar-refractivity contribution in [3.8, 4) is 0 Å². The molecule has 5 nitrogen and oxygen atoms in total. The molecule has 2 rings (SSSR count). The van der Waals surface area contributed by atoms with E-state index in [0.29, 0.717) is 13.0 Å². The van der Waals surface area contributed by atoms with Gasteiger partial charge in [-0.3, -0.25) is 4.79 Å². The van der Waals surface area contributed by atoms with E-state index in [4.69, 9.17) is 11.6 Å². The molecule has 1 N–H and O–H groups in total. The maximum Gasteiger partial charge on any atom is 0.221 e. The second kappa shape index (κ2) is 6.22. The number of aryl methyl sites for hydroxylation is 1. The van der Waals surface area contributed by atoms with Crippen LogP contribution in [0.4, 0.5) is 0 Å². The summed E-state index contributed by atoms with van der Waals surface area (Å²) in [6.45, 7) is 6.28. The van der Waals surface area contributed by atoms with Crippen LogP contribution in [0.1, 0.15) is 38.4 Å². The normalized spacial score (nSPS) is 12.8. The fraction of sp³-hybridized carbons (Fsp3) is 0.500. The number of rotatable bonds is 5. The lowest BCUT2D eigenvalue weighted by molar-refractivity contribution is -0.121. The first kappa shape index (κ1) is 14.8. The second-order valence-electron chi connectivity index (χ2n) is 5.06. The zero-order valence-electron chi connectivity index (χ0n) is 11.9. The lowest BCUT2D eigenvalue weighted by Crippen LogP contribution is -2.30. The number of halogens is 1. The highest BCUT2D eigenvalue weighted by molar-refractivity contribution is 6.20. The highest BCUT2D eigenvalue weighted by atomic mass is 35.5. The summed E-state index contributed by atoms with van der Waals surface area (Å²) in [4.78, 5) is 20.6. The summed E-state index contributed by atoms with van der Waals surface area (Å²) in [5.74, 6) is 0.767. The van der Waals surface area contributed by atoms with Crippen molar-refractivity contribution in [2.45, 2.75) is 45.2 Å². The Balaban J connectivity index is 2.23.